The van der Waals surface area contributed by atoms with E-state index in [1.54, 1.807) is 0 Å². The zero-order valence-corrected chi connectivity index (χ0v) is 5.89. The van der Waals surface area contributed by atoms with E-state index in [1.165, 1.54) is 0 Å². The minimum atomic E-state index is 0.0115. The van der Waals surface area contributed by atoms with E-state index in [9.17, 15) is 0 Å². The van der Waals surface area contributed by atoms with E-state index in [0.717, 1.165) is 6.54 Å². The lowest BCUT2D eigenvalue weighted by Crippen LogP contribution is -2.30. The van der Waals surface area contributed by atoms with Crippen molar-refractivity contribution in [2.45, 2.75) is 26.9 Å². The van der Waals surface area contributed by atoms with Crippen LogP contribution in [0.4, 0.5) is 0 Å². The van der Waals surface area contributed by atoms with E-state index >= 15 is 0 Å². The van der Waals surface area contributed by atoms with Gasteiger partial charge in [-0.05, 0) is 12.8 Å². The SMILES string of the molecule is CC(C)C[N]C(C)N. The molecule has 0 fully saturated rings. The van der Waals surface area contributed by atoms with Crippen LogP contribution in [0.15, 0.2) is 0 Å². The molecule has 49 valence electrons. The van der Waals surface area contributed by atoms with Crippen LogP contribution in [0.2, 0.25) is 0 Å². The lowest BCUT2D eigenvalue weighted by Gasteiger charge is -2.06. The van der Waals surface area contributed by atoms with Crippen LogP contribution in [0.3, 0.4) is 0 Å². The van der Waals surface area contributed by atoms with E-state index in [4.69, 9.17) is 5.73 Å². The highest BCUT2D eigenvalue weighted by Crippen LogP contribution is 1.88. The second kappa shape index (κ2) is 3.87. The fraction of sp³-hybridized carbons (Fsp3) is 1.00. The Morgan fingerprint density at radius 1 is 1.38 bits per heavy atom. The Balaban J connectivity index is 2.93. The van der Waals surface area contributed by atoms with Crippen LogP contribution in [-0.4, -0.2) is 12.7 Å². The van der Waals surface area contributed by atoms with Crippen molar-refractivity contribution in [1.82, 2.24) is 5.32 Å². The second-order valence-electron chi connectivity index (χ2n) is 2.50. The maximum atomic E-state index is 5.37. The quantitative estimate of drug-likeness (QED) is 0.573. The van der Waals surface area contributed by atoms with Crippen molar-refractivity contribution in [3.05, 3.63) is 0 Å². The van der Waals surface area contributed by atoms with Gasteiger partial charge in [-0.2, -0.15) is 0 Å². The summed E-state index contributed by atoms with van der Waals surface area (Å²) >= 11 is 0. The summed E-state index contributed by atoms with van der Waals surface area (Å²) < 4.78 is 0. The molecule has 2 heteroatoms. The van der Waals surface area contributed by atoms with Crippen LogP contribution in [-0.2, 0) is 0 Å². The minimum absolute atomic E-state index is 0.0115. The molecule has 2 nitrogen and oxygen atoms in total. The molecule has 0 heterocycles. The molecule has 0 bridgehead atoms. The average Bonchev–Trinajstić information content (AvgIpc) is 1.61. The minimum Gasteiger partial charge on any atom is -0.315 e. The average molecular weight is 115 g/mol. The summed E-state index contributed by atoms with van der Waals surface area (Å²) in [6, 6.07) is 0. The Bertz CT molecular complexity index is 42.5. The first-order valence-electron chi connectivity index (χ1n) is 3.05. The van der Waals surface area contributed by atoms with Crippen LogP contribution in [0, 0.1) is 5.92 Å². The molecule has 0 aromatic carbocycles. The van der Waals surface area contributed by atoms with Crippen molar-refractivity contribution in [3.8, 4) is 0 Å². The van der Waals surface area contributed by atoms with Crippen LogP contribution < -0.4 is 11.1 Å². The van der Waals surface area contributed by atoms with Gasteiger partial charge in [-0.3, -0.25) is 0 Å². The number of nitrogens with two attached hydrogens (primary N) is 1. The van der Waals surface area contributed by atoms with Crippen molar-refractivity contribution in [2.75, 3.05) is 6.54 Å². The lowest BCUT2D eigenvalue weighted by atomic mass is 10.2. The number of rotatable bonds is 3. The van der Waals surface area contributed by atoms with Crippen LogP contribution in [0.5, 0.6) is 0 Å². The highest BCUT2D eigenvalue weighted by Gasteiger charge is 1.95. The number of hydrogen-bond donors (Lipinski definition) is 1. The zero-order valence-electron chi connectivity index (χ0n) is 5.89. The zero-order chi connectivity index (χ0) is 6.57. The highest BCUT2D eigenvalue weighted by molar-refractivity contribution is 4.52. The summed E-state index contributed by atoms with van der Waals surface area (Å²) in [7, 11) is 0. The van der Waals surface area contributed by atoms with Crippen LogP contribution >= 0.6 is 0 Å². The van der Waals surface area contributed by atoms with Gasteiger partial charge in [-0.25, -0.2) is 5.32 Å². The molecule has 0 spiro atoms. The Kier molecular flexibility index (Phi) is 3.83. The van der Waals surface area contributed by atoms with Crippen molar-refractivity contribution in [1.29, 1.82) is 0 Å². The molecular formula is C6H15N2. The topological polar surface area (TPSA) is 40.1 Å². The van der Waals surface area contributed by atoms with Gasteiger partial charge in [0.1, 0.15) is 0 Å². The van der Waals surface area contributed by atoms with E-state index in [-0.39, 0.29) is 6.17 Å². The first kappa shape index (κ1) is 7.92. The van der Waals surface area contributed by atoms with Crippen molar-refractivity contribution >= 4 is 0 Å². The van der Waals surface area contributed by atoms with E-state index in [2.05, 4.69) is 19.2 Å². The third-order valence-corrected chi connectivity index (χ3v) is 0.759. The molecule has 1 unspecified atom stereocenters. The molecule has 1 atom stereocenters. The van der Waals surface area contributed by atoms with Gasteiger partial charge in [0.2, 0.25) is 0 Å². The largest absolute Gasteiger partial charge is 0.315 e. The number of nitrogens with zero attached hydrogens (tertiary/aromatic N) is 1. The van der Waals surface area contributed by atoms with Crippen LogP contribution in [0.1, 0.15) is 20.8 Å². The van der Waals surface area contributed by atoms with Crippen molar-refractivity contribution < 1.29 is 0 Å². The first-order valence-corrected chi connectivity index (χ1v) is 3.05. The molecule has 0 aromatic rings. The molecular weight excluding hydrogens is 100 g/mol. The summed E-state index contributed by atoms with van der Waals surface area (Å²) in [6.07, 6.45) is 0.0115. The predicted molar refractivity (Wildman–Crippen MR) is 35.5 cm³/mol. The summed E-state index contributed by atoms with van der Waals surface area (Å²) in [6.45, 7) is 7.04. The fourth-order valence-electron chi connectivity index (χ4n) is 0.377. The maximum Gasteiger partial charge on any atom is 0.0682 e. The molecule has 0 saturated carbocycles. The van der Waals surface area contributed by atoms with E-state index in [1.807, 2.05) is 6.92 Å². The Hall–Kier alpha value is -0.0800. The molecule has 0 aliphatic heterocycles. The number of hydrogen-bond acceptors (Lipinski definition) is 1. The third kappa shape index (κ3) is 5.92. The van der Waals surface area contributed by atoms with E-state index < -0.39 is 0 Å². The van der Waals surface area contributed by atoms with Crippen molar-refractivity contribution in [3.63, 3.8) is 0 Å². The van der Waals surface area contributed by atoms with Gasteiger partial charge in [0.05, 0.1) is 6.17 Å². The predicted octanol–water partition coefficient (Wildman–Crippen LogP) is 0.552. The normalized spacial score (nSPS) is 14.6. The summed E-state index contributed by atoms with van der Waals surface area (Å²) in [5, 5.41) is 4.10. The molecule has 0 aliphatic rings. The fourth-order valence-corrected chi connectivity index (χ4v) is 0.377. The Labute approximate surface area is 51.5 Å². The molecule has 0 saturated heterocycles. The highest BCUT2D eigenvalue weighted by atomic mass is 15.0. The second-order valence-corrected chi connectivity index (χ2v) is 2.50. The third-order valence-electron chi connectivity index (χ3n) is 0.759. The monoisotopic (exact) mass is 115 g/mol. The van der Waals surface area contributed by atoms with Gasteiger partial charge in [0.25, 0.3) is 0 Å². The van der Waals surface area contributed by atoms with Crippen LogP contribution in [0.25, 0.3) is 0 Å². The Morgan fingerprint density at radius 2 is 1.88 bits per heavy atom. The smallest absolute Gasteiger partial charge is 0.0682 e. The molecule has 8 heavy (non-hydrogen) atoms. The molecule has 0 aromatic heterocycles. The first-order chi connectivity index (χ1) is 3.63. The van der Waals surface area contributed by atoms with E-state index in [0.29, 0.717) is 5.92 Å². The molecule has 0 aliphatic carbocycles. The standard InChI is InChI=1S/C6H15N2/c1-5(2)4-8-6(3)7/h5-6H,4,7H2,1-3H3. The molecule has 0 amide bonds. The van der Waals surface area contributed by atoms with Gasteiger partial charge >= 0.3 is 0 Å². The van der Waals surface area contributed by atoms with Gasteiger partial charge < -0.3 is 5.73 Å². The summed E-state index contributed by atoms with van der Waals surface area (Å²) in [5.41, 5.74) is 5.37. The summed E-state index contributed by atoms with van der Waals surface area (Å²) in [4.78, 5) is 0. The molecule has 1 radical (unpaired) electrons. The lowest BCUT2D eigenvalue weighted by molar-refractivity contribution is 0.483. The van der Waals surface area contributed by atoms with Gasteiger partial charge in [-0.15, -0.1) is 0 Å². The van der Waals surface area contributed by atoms with Gasteiger partial charge in [0, 0.05) is 6.54 Å². The molecule has 2 N–H and O–H groups in total. The van der Waals surface area contributed by atoms with Gasteiger partial charge in [-0.1, -0.05) is 13.8 Å². The van der Waals surface area contributed by atoms with Gasteiger partial charge in [0.15, 0.2) is 0 Å². The Morgan fingerprint density at radius 3 is 2.00 bits per heavy atom. The summed E-state index contributed by atoms with van der Waals surface area (Å²) in [5.74, 6) is 0.640. The molecule has 0 rings (SSSR count). The maximum absolute atomic E-state index is 5.37. The van der Waals surface area contributed by atoms with Crippen molar-refractivity contribution in [2.24, 2.45) is 11.7 Å².